The maximum Gasteiger partial charge on any atom is 0.339 e. The molecule has 2 aromatic rings. The van der Waals surface area contributed by atoms with Gasteiger partial charge in [0, 0.05) is 37.2 Å². The third-order valence-electron chi connectivity index (χ3n) is 7.41. The summed E-state index contributed by atoms with van der Waals surface area (Å²) in [5.41, 5.74) is 2.24. The molecule has 3 heterocycles. The highest BCUT2D eigenvalue weighted by Gasteiger charge is 2.57. The van der Waals surface area contributed by atoms with Crippen LogP contribution in [0.2, 0.25) is 0 Å². The van der Waals surface area contributed by atoms with Gasteiger partial charge in [-0.25, -0.2) is 4.79 Å². The number of hydrogen-bond acceptors (Lipinski definition) is 4. The lowest BCUT2D eigenvalue weighted by Gasteiger charge is -2.27. The second kappa shape index (κ2) is 6.42. The number of esters is 1. The quantitative estimate of drug-likeness (QED) is 0.721. The van der Waals surface area contributed by atoms with Gasteiger partial charge in [0.05, 0.1) is 17.5 Å². The summed E-state index contributed by atoms with van der Waals surface area (Å²) >= 11 is 0. The largest absolute Gasteiger partial charge is 0.449 e. The number of rotatable bonds is 3. The van der Waals surface area contributed by atoms with Gasteiger partial charge in [-0.15, -0.1) is 0 Å². The Balaban J connectivity index is 1.23. The molecule has 31 heavy (non-hydrogen) atoms. The van der Waals surface area contributed by atoms with Gasteiger partial charge in [-0.05, 0) is 43.0 Å². The van der Waals surface area contributed by atoms with Crippen molar-refractivity contribution in [2.45, 2.75) is 43.1 Å². The van der Waals surface area contributed by atoms with E-state index >= 15 is 0 Å². The number of fused-ring (bicyclic) bond motifs is 2. The minimum absolute atomic E-state index is 0.120. The molecule has 158 valence electrons. The third kappa shape index (κ3) is 2.67. The van der Waals surface area contributed by atoms with E-state index < -0.39 is 11.0 Å². The van der Waals surface area contributed by atoms with Crippen molar-refractivity contribution in [2.24, 2.45) is 0 Å². The number of amides is 2. The zero-order chi connectivity index (χ0) is 21.2. The summed E-state index contributed by atoms with van der Waals surface area (Å²) in [6, 6.07) is 15.4. The predicted octanol–water partition coefficient (Wildman–Crippen LogP) is 3.14. The van der Waals surface area contributed by atoms with Crippen LogP contribution in [-0.4, -0.2) is 42.3 Å². The Bertz CT molecular complexity index is 1100. The molecule has 0 N–H and O–H groups in total. The van der Waals surface area contributed by atoms with Crippen molar-refractivity contribution >= 4 is 23.5 Å². The van der Waals surface area contributed by atoms with E-state index in [9.17, 15) is 14.4 Å². The summed E-state index contributed by atoms with van der Waals surface area (Å²) in [5.74, 6) is -0.00777. The second-order valence-corrected chi connectivity index (χ2v) is 9.18. The average Bonchev–Trinajstić information content (AvgIpc) is 3.18. The van der Waals surface area contributed by atoms with E-state index in [1.165, 1.54) is 0 Å². The Morgan fingerprint density at radius 1 is 0.935 bits per heavy atom. The molecule has 1 aliphatic carbocycles. The van der Waals surface area contributed by atoms with Gasteiger partial charge in [0.1, 0.15) is 0 Å². The lowest BCUT2D eigenvalue weighted by Crippen LogP contribution is -2.40. The number of likely N-dealkylation sites (tertiary alicyclic amines) is 1. The van der Waals surface area contributed by atoms with Gasteiger partial charge in [-0.2, -0.15) is 0 Å². The fraction of sp³-hybridized carbons (Fsp3) is 0.400. The molecular weight excluding hydrogens is 392 g/mol. The molecule has 1 spiro atoms. The third-order valence-corrected chi connectivity index (χ3v) is 7.41. The Kier molecular flexibility index (Phi) is 3.86. The zero-order valence-corrected chi connectivity index (χ0v) is 17.3. The molecule has 4 aliphatic rings. The van der Waals surface area contributed by atoms with Crippen molar-refractivity contribution in [3.63, 3.8) is 0 Å². The highest BCUT2D eigenvalue weighted by Crippen LogP contribution is 2.52. The number of hydrogen-bond donors (Lipinski definition) is 0. The monoisotopic (exact) mass is 416 g/mol. The molecule has 0 bridgehead atoms. The maximum atomic E-state index is 13.6. The summed E-state index contributed by atoms with van der Waals surface area (Å²) in [6.07, 6.45) is 3.79. The van der Waals surface area contributed by atoms with Crippen LogP contribution in [0.25, 0.3) is 0 Å². The molecule has 6 rings (SSSR count). The van der Waals surface area contributed by atoms with E-state index in [0.717, 1.165) is 42.6 Å². The Hall–Kier alpha value is -3.15. The fourth-order valence-corrected chi connectivity index (χ4v) is 5.54. The number of carbonyl (C=O) groups is 3. The van der Waals surface area contributed by atoms with Crippen molar-refractivity contribution < 1.29 is 19.1 Å². The lowest BCUT2D eigenvalue weighted by atomic mass is 9.91. The van der Waals surface area contributed by atoms with Crippen molar-refractivity contribution in [2.75, 3.05) is 24.5 Å². The minimum atomic E-state index is -0.709. The van der Waals surface area contributed by atoms with Crippen LogP contribution in [0.1, 0.15) is 53.6 Å². The van der Waals surface area contributed by atoms with E-state index in [1.807, 2.05) is 52.3 Å². The standard InChI is InChI=1S/C25H24N2O4/c28-21-6-3-14-27(21)18-9-7-17(8-10-18)24(11-12-24)23(30)26-15-13-25(16-26)20-5-2-1-4-19(20)22(29)31-25/h1-2,4-5,7-10H,3,6,11-16H2/t25-/m1/s1. The van der Waals surface area contributed by atoms with Gasteiger partial charge < -0.3 is 14.5 Å². The first-order valence-corrected chi connectivity index (χ1v) is 11.1. The molecule has 1 saturated carbocycles. The van der Waals surface area contributed by atoms with Gasteiger partial charge in [0.2, 0.25) is 11.8 Å². The normalized spacial score (nSPS) is 25.8. The summed E-state index contributed by atoms with van der Waals surface area (Å²) in [6.45, 7) is 1.76. The Morgan fingerprint density at radius 3 is 2.42 bits per heavy atom. The highest BCUT2D eigenvalue weighted by molar-refractivity contribution is 5.97. The predicted molar refractivity (Wildman–Crippen MR) is 114 cm³/mol. The van der Waals surface area contributed by atoms with E-state index in [0.29, 0.717) is 31.5 Å². The highest BCUT2D eigenvalue weighted by atomic mass is 16.6. The van der Waals surface area contributed by atoms with Gasteiger partial charge in [-0.1, -0.05) is 30.3 Å². The topological polar surface area (TPSA) is 66.9 Å². The first-order chi connectivity index (χ1) is 15.0. The van der Waals surface area contributed by atoms with Crippen LogP contribution in [0, 0.1) is 0 Å². The SMILES string of the molecule is O=C1O[C@@]2(CCN(C(=O)C3(c4ccc(N5CCCC5=O)cc4)CC3)C2)c2ccccc21. The maximum absolute atomic E-state index is 13.6. The van der Waals surface area contributed by atoms with Crippen LogP contribution < -0.4 is 4.90 Å². The van der Waals surface area contributed by atoms with E-state index in [1.54, 1.807) is 6.07 Å². The minimum Gasteiger partial charge on any atom is -0.449 e. The molecule has 6 heteroatoms. The summed E-state index contributed by atoms with van der Waals surface area (Å²) < 4.78 is 5.81. The zero-order valence-electron chi connectivity index (χ0n) is 17.3. The van der Waals surface area contributed by atoms with Crippen molar-refractivity contribution in [3.8, 4) is 0 Å². The van der Waals surface area contributed by atoms with Crippen molar-refractivity contribution in [1.82, 2.24) is 4.90 Å². The molecule has 2 amide bonds. The molecule has 3 fully saturated rings. The molecule has 0 unspecified atom stereocenters. The fourth-order valence-electron chi connectivity index (χ4n) is 5.54. The van der Waals surface area contributed by atoms with Gasteiger partial charge in [0.25, 0.3) is 0 Å². The molecular formula is C25H24N2O4. The van der Waals surface area contributed by atoms with Crippen LogP contribution in [-0.2, 0) is 25.3 Å². The van der Waals surface area contributed by atoms with Crippen LogP contribution in [0.5, 0.6) is 0 Å². The second-order valence-electron chi connectivity index (χ2n) is 9.18. The van der Waals surface area contributed by atoms with Crippen molar-refractivity contribution in [1.29, 1.82) is 0 Å². The van der Waals surface area contributed by atoms with Gasteiger partial charge >= 0.3 is 5.97 Å². The number of nitrogens with zero attached hydrogens (tertiary/aromatic N) is 2. The van der Waals surface area contributed by atoms with Gasteiger partial charge in [-0.3, -0.25) is 9.59 Å². The van der Waals surface area contributed by atoms with Crippen LogP contribution >= 0.6 is 0 Å². The van der Waals surface area contributed by atoms with Crippen molar-refractivity contribution in [3.05, 3.63) is 65.2 Å². The summed E-state index contributed by atoms with van der Waals surface area (Å²) in [5, 5.41) is 0. The Labute approximate surface area is 180 Å². The van der Waals surface area contributed by atoms with Crippen LogP contribution in [0.4, 0.5) is 5.69 Å². The van der Waals surface area contributed by atoms with E-state index in [-0.39, 0.29) is 17.8 Å². The number of anilines is 1. The van der Waals surface area contributed by atoms with Crippen LogP contribution in [0.3, 0.4) is 0 Å². The molecule has 0 aromatic heterocycles. The average molecular weight is 416 g/mol. The molecule has 0 radical (unpaired) electrons. The number of carbonyl (C=O) groups excluding carboxylic acids is 3. The number of ether oxygens (including phenoxy) is 1. The van der Waals surface area contributed by atoms with E-state index in [2.05, 4.69) is 0 Å². The van der Waals surface area contributed by atoms with Crippen LogP contribution in [0.15, 0.2) is 48.5 Å². The smallest absolute Gasteiger partial charge is 0.339 e. The summed E-state index contributed by atoms with van der Waals surface area (Å²) in [4.78, 5) is 41.6. The Morgan fingerprint density at radius 2 is 1.71 bits per heavy atom. The first-order valence-electron chi connectivity index (χ1n) is 11.1. The van der Waals surface area contributed by atoms with E-state index in [4.69, 9.17) is 4.74 Å². The molecule has 6 nitrogen and oxygen atoms in total. The number of benzene rings is 2. The lowest BCUT2D eigenvalue weighted by molar-refractivity contribution is -0.134. The summed E-state index contributed by atoms with van der Waals surface area (Å²) in [7, 11) is 0. The molecule has 3 aliphatic heterocycles. The van der Waals surface area contributed by atoms with Gasteiger partial charge in [0.15, 0.2) is 5.60 Å². The first kappa shape index (κ1) is 18.6. The molecule has 2 aromatic carbocycles. The molecule has 1 atom stereocenters. The molecule has 2 saturated heterocycles.